The van der Waals surface area contributed by atoms with Crippen molar-refractivity contribution in [3.63, 3.8) is 0 Å². The minimum atomic E-state index is -0.145. The van der Waals surface area contributed by atoms with Crippen LogP contribution >= 0.6 is 0 Å². The van der Waals surface area contributed by atoms with Crippen molar-refractivity contribution < 1.29 is 23.7 Å². The molecule has 2 aromatic rings. The zero-order valence-corrected chi connectivity index (χ0v) is 15.7. The molecule has 2 aliphatic heterocycles. The molecule has 0 amide bonds. The van der Waals surface area contributed by atoms with Crippen LogP contribution in [0.15, 0.2) is 30.3 Å². The standard InChI is InChI=1S/C22H24O5/c1-23-19-10-15-14-5-3-4-6-17(14)27-22(16(15)11-20(19)24-2)13-7-8-18-21(9-13)26-12-25-18/h7-11,14,17,22H,3-6,12H2,1-2H3/t14-,17+,22+/m0/s1. The van der Waals surface area contributed by atoms with Gasteiger partial charge in [-0.05, 0) is 53.8 Å². The third-order valence-corrected chi connectivity index (χ3v) is 5.98. The molecular formula is C22H24O5. The quantitative estimate of drug-likeness (QED) is 0.794. The second-order valence-corrected chi connectivity index (χ2v) is 7.39. The Hall–Kier alpha value is -2.40. The molecule has 0 bridgehead atoms. The van der Waals surface area contributed by atoms with Crippen LogP contribution in [0.2, 0.25) is 0 Å². The average molecular weight is 368 g/mol. The van der Waals surface area contributed by atoms with Gasteiger partial charge in [0.2, 0.25) is 6.79 Å². The van der Waals surface area contributed by atoms with Gasteiger partial charge in [-0.2, -0.15) is 0 Å². The lowest BCUT2D eigenvalue weighted by Gasteiger charge is -2.41. The van der Waals surface area contributed by atoms with Gasteiger partial charge in [0.05, 0.1) is 20.3 Å². The number of methoxy groups -OCH3 is 2. The highest BCUT2D eigenvalue weighted by Crippen LogP contribution is 2.50. The molecule has 27 heavy (non-hydrogen) atoms. The van der Waals surface area contributed by atoms with Crippen molar-refractivity contribution in [2.45, 2.75) is 43.8 Å². The summed E-state index contributed by atoms with van der Waals surface area (Å²) < 4.78 is 28.8. The first-order valence-electron chi connectivity index (χ1n) is 9.59. The number of hydrogen-bond acceptors (Lipinski definition) is 5. The highest BCUT2D eigenvalue weighted by Gasteiger charge is 2.39. The zero-order chi connectivity index (χ0) is 18.4. The second kappa shape index (κ2) is 6.64. The van der Waals surface area contributed by atoms with Crippen LogP contribution in [-0.2, 0) is 4.74 Å². The van der Waals surface area contributed by atoms with Crippen LogP contribution in [0, 0.1) is 0 Å². The lowest BCUT2D eigenvalue weighted by atomic mass is 9.76. The Bertz CT molecular complexity index is 862. The van der Waals surface area contributed by atoms with Gasteiger partial charge >= 0.3 is 0 Å². The van der Waals surface area contributed by atoms with Crippen LogP contribution in [0.5, 0.6) is 23.0 Å². The van der Waals surface area contributed by atoms with E-state index >= 15 is 0 Å². The van der Waals surface area contributed by atoms with E-state index in [1.807, 2.05) is 12.1 Å². The first kappa shape index (κ1) is 16.8. The minimum absolute atomic E-state index is 0.145. The molecule has 0 radical (unpaired) electrons. The molecule has 3 atom stereocenters. The SMILES string of the molecule is COc1cc2c(cc1OC)[C@@H]1CCCC[C@H]1O[C@@H]2c1ccc2c(c1)OCO2. The molecule has 5 heteroatoms. The predicted octanol–water partition coefficient (Wildman–Crippen LogP) is 4.58. The van der Waals surface area contributed by atoms with Gasteiger partial charge < -0.3 is 23.7 Å². The molecule has 0 saturated heterocycles. The molecule has 0 N–H and O–H groups in total. The summed E-state index contributed by atoms with van der Waals surface area (Å²) in [6.07, 6.45) is 4.80. The van der Waals surface area contributed by atoms with E-state index in [-0.39, 0.29) is 19.0 Å². The largest absolute Gasteiger partial charge is 0.493 e. The zero-order valence-electron chi connectivity index (χ0n) is 15.7. The van der Waals surface area contributed by atoms with E-state index in [1.165, 1.54) is 18.4 Å². The van der Waals surface area contributed by atoms with Crippen molar-refractivity contribution in [3.8, 4) is 23.0 Å². The Morgan fingerprint density at radius 3 is 2.41 bits per heavy atom. The Kier molecular flexibility index (Phi) is 4.12. The molecule has 3 aliphatic rings. The number of fused-ring (bicyclic) bond motifs is 4. The lowest BCUT2D eigenvalue weighted by molar-refractivity contribution is -0.0391. The van der Waals surface area contributed by atoms with Gasteiger partial charge in [0.25, 0.3) is 0 Å². The number of benzene rings is 2. The molecule has 142 valence electrons. The third-order valence-electron chi connectivity index (χ3n) is 5.98. The van der Waals surface area contributed by atoms with E-state index < -0.39 is 0 Å². The van der Waals surface area contributed by atoms with Crippen molar-refractivity contribution in [3.05, 3.63) is 47.0 Å². The van der Waals surface area contributed by atoms with Crippen molar-refractivity contribution >= 4 is 0 Å². The maximum atomic E-state index is 6.64. The predicted molar refractivity (Wildman–Crippen MR) is 100 cm³/mol. The molecule has 0 aromatic heterocycles. The van der Waals surface area contributed by atoms with E-state index in [1.54, 1.807) is 14.2 Å². The van der Waals surface area contributed by atoms with Gasteiger partial charge in [-0.15, -0.1) is 0 Å². The van der Waals surface area contributed by atoms with Gasteiger partial charge in [0, 0.05) is 5.92 Å². The van der Waals surface area contributed by atoms with E-state index in [0.717, 1.165) is 47.0 Å². The van der Waals surface area contributed by atoms with E-state index in [0.29, 0.717) is 5.92 Å². The fourth-order valence-corrected chi connectivity index (χ4v) is 4.66. The van der Waals surface area contributed by atoms with Gasteiger partial charge in [-0.3, -0.25) is 0 Å². The van der Waals surface area contributed by atoms with Crippen LogP contribution in [0.25, 0.3) is 0 Å². The maximum Gasteiger partial charge on any atom is 0.231 e. The second-order valence-electron chi connectivity index (χ2n) is 7.39. The van der Waals surface area contributed by atoms with Crippen LogP contribution in [0.3, 0.4) is 0 Å². The monoisotopic (exact) mass is 368 g/mol. The van der Waals surface area contributed by atoms with Crippen LogP contribution < -0.4 is 18.9 Å². The van der Waals surface area contributed by atoms with Crippen molar-refractivity contribution in [2.75, 3.05) is 21.0 Å². The molecular weight excluding hydrogens is 344 g/mol. The molecule has 0 unspecified atom stereocenters. The molecule has 0 spiro atoms. The summed E-state index contributed by atoms with van der Waals surface area (Å²) in [4.78, 5) is 0. The summed E-state index contributed by atoms with van der Waals surface area (Å²) in [6.45, 7) is 0.274. The van der Waals surface area contributed by atoms with Gasteiger partial charge in [0.15, 0.2) is 23.0 Å². The number of ether oxygens (including phenoxy) is 5. The molecule has 2 aromatic carbocycles. The first-order chi connectivity index (χ1) is 13.3. The third kappa shape index (κ3) is 2.72. The summed E-state index contributed by atoms with van der Waals surface area (Å²) in [5, 5.41) is 0. The van der Waals surface area contributed by atoms with Crippen molar-refractivity contribution in [1.82, 2.24) is 0 Å². The fraction of sp³-hybridized carbons (Fsp3) is 0.455. The molecule has 1 saturated carbocycles. The smallest absolute Gasteiger partial charge is 0.231 e. The minimum Gasteiger partial charge on any atom is -0.493 e. The van der Waals surface area contributed by atoms with E-state index in [2.05, 4.69) is 18.2 Å². The van der Waals surface area contributed by atoms with E-state index in [4.69, 9.17) is 23.7 Å². The molecule has 5 nitrogen and oxygen atoms in total. The summed E-state index contributed by atoms with van der Waals surface area (Å²) in [6, 6.07) is 10.3. The number of hydrogen-bond donors (Lipinski definition) is 0. The topological polar surface area (TPSA) is 46.2 Å². The average Bonchev–Trinajstić information content (AvgIpc) is 3.20. The highest BCUT2D eigenvalue weighted by molar-refractivity contribution is 5.54. The molecule has 1 aliphatic carbocycles. The normalized spacial score (nSPS) is 25.5. The Morgan fingerprint density at radius 2 is 1.59 bits per heavy atom. The highest BCUT2D eigenvalue weighted by atomic mass is 16.7. The Morgan fingerprint density at radius 1 is 0.852 bits per heavy atom. The fourth-order valence-electron chi connectivity index (χ4n) is 4.66. The summed E-state index contributed by atoms with van der Waals surface area (Å²) in [5.41, 5.74) is 3.57. The summed E-state index contributed by atoms with van der Waals surface area (Å²) >= 11 is 0. The van der Waals surface area contributed by atoms with E-state index in [9.17, 15) is 0 Å². The van der Waals surface area contributed by atoms with Gasteiger partial charge in [-0.1, -0.05) is 18.9 Å². The maximum absolute atomic E-state index is 6.64. The van der Waals surface area contributed by atoms with Crippen molar-refractivity contribution in [2.24, 2.45) is 0 Å². The number of rotatable bonds is 3. The van der Waals surface area contributed by atoms with Gasteiger partial charge in [-0.25, -0.2) is 0 Å². The Balaban J connectivity index is 1.64. The Labute approximate surface area is 159 Å². The molecule has 2 heterocycles. The lowest BCUT2D eigenvalue weighted by Crippen LogP contribution is -2.33. The molecule has 1 fully saturated rings. The van der Waals surface area contributed by atoms with Crippen LogP contribution in [-0.4, -0.2) is 27.1 Å². The van der Waals surface area contributed by atoms with Crippen LogP contribution in [0.4, 0.5) is 0 Å². The first-order valence-corrected chi connectivity index (χ1v) is 9.59. The van der Waals surface area contributed by atoms with Crippen molar-refractivity contribution in [1.29, 1.82) is 0 Å². The summed E-state index contributed by atoms with van der Waals surface area (Å²) in [7, 11) is 3.37. The van der Waals surface area contributed by atoms with Gasteiger partial charge in [0.1, 0.15) is 6.10 Å². The molecule has 5 rings (SSSR count). The summed E-state index contributed by atoms with van der Waals surface area (Å²) in [5.74, 6) is 3.51. The van der Waals surface area contributed by atoms with Crippen LogP contribution in [0.1, 0.15) is 54.4 Å².